The van der Waals surface area contributed by atoms with E-state index >= 15 is 0 Å². The van der Waals surface area contributed by atoms with Crippen LogP contribution in [0, 0.1) is 13.8 Å². The normalized spacial score (nSPS) is 10.6. The van der Waals surface area contributed by atoms with Gasteiger partial charge in [0, 0.05) is 11.6 Å². The van der Waals surface area contributed by atoms with E-state index < -0.39 is 0 Å². The number of nitrogens with two attached hydrogens (primary N) is 1. The number of nitrogen functional groups attached to an aromatic ring is 1. The van der Waals surface area contributed by atoms with Crippen LogP contribution >= 0.6 is 15.9 Å². The van der Waals surface area contributed by atoms with Crippen LogP contribution in [0.4, 0.5) is 5.88 Å². The van der Waals surface area contributed by atoms with Crippen molar-refractivity contribution in [1.82, 2.24) is 5.16 Å². The molecule has 4 nitrogen and oxygen atoms in total. The molecule has 1 aromatic carbocycles. The maximum atomic E-state index is 5.54. The number of aromatic nitrogens is 1. The van der Waals surface area contributed by atoms with Gasteiger partial charge in [-0.3, -0.25) is 0 Å². The van der Waals surface area contributed by atoms with Gasteiger partial charge in [0.05, 0.1) is 11.6 Å². The highest BCUT2D eigenvalue weighted by Gasteiger charge is 2.17. The first kappa shape index (κ1) is 12.0. The molecular formula is C12H13BrN2O2. The maximum Gasteiger partial charge on any atom is 0.222 e. The summed E-state index contributed by atoms with van der Waals surface area (Å²) in [7, 11) is 1.63. The zero-order valence-corrected chi connectivity index (χ0v) is 11.5. The first-order valence-corrected chi connectivity index (χ1v) is 5.90. The van der Waals surface area contributed by atoms with Gasteiger partial charge in [-0.1, -0.05) is 11.2 Å². The highest BCUT2D eigenvalue weighted by molar-refractivity contribution is 9.10. The van der Waals surface area contributed by atoms with Gasteiger partial charge in [0.1, 0.15) is 11.4 Å². The number of benzene rings is 1. The van der Waals surface area contributed by atoms with Crippen LogP contribution in [0.25, 0.3) is 11.3 Å². The van der Waals surface area contributed by atoms with Crippen LogP contribution in [0.15, 0.2) is 21.1 Å². The van der Waals surface area contributed by atoms with E-state index in [1.807, 2.05) is 13.8 Å². The van der Waals surface area contributed by atoms with Gasteiger partial charge < -0.3 is 15.0 Å². The molecule has 0 aliphatic rings. The number of halogens is 1. The zero-order valence-electron chi connectivity index (χ0n) is 9.87. The summed E-state index contributed by atoms with van der Waals surface area (Å²) >= 11 is 3.51. The lowest BCUT2D eigenvalue weighted by Crippen LogP contribution is -1.95. The maximum absolute atomic E-state index is 5.54. The Hall–Kier alpha value is -1.49. The average molecular weight is 297 g/mol. The van der Waals surface area contributed by atoms with Crippen molar-refractivity contribution in [3.63, 3.8) is 0 Å². The lowest BCUT2D eigenvalue weighted by molar-refractivity contribution is 0.411. The number of hydrogen-bond donors (Lipinski definition) is 1. The smallest absolute Gasteiger partial charge is 0.222 e. The van der Waals surface area contributed by atoms with E-state index in [4.69, 9.17) is 15.0 Å². The average Bonchev–Trinajstić information content (AvgIpc) is 2.69. The van der Waals surface area contributed by atoms with Crippen molar-refractivity contribution < 1.29 is 9.26 Å². The summed E-state index contributed by atoms with van der Waals surface area (Å²) in [5, 5.41) is 3.93. The van der Waals surface area contributed by atoms with Crippen LogP contribution in [0.3, 0.4) is 0 Å². The molecule has 0 fully saturated rings. The third-order valence-corrected chi connectivity index (χ3v) is 3.57. The summed E-state index contributed by atoms with van der Waals surface area (Å²) < 4.78 is 11.3. The monoisotopic (exact) mass is 296 g/mol. The molecular weight excluding hydrogens is 284 g/mol. The van der Waals surface area contributed by atoms with E-state index in [1.165, 1.54) is 0 Å². The summed E-state index contributed by atoms with van der Waals surface area (Å²) in [5.41, 5.74) is 9.29. The molecule has 0 aliphatic heterocycles. The fourth-order valence-electron chi connectivity index (χ4n) is 1.85. The highest BCUT2D eigenvalue weighted by atomic mass is 79.9. The Bertz CT molecular complexity index is 564. The number of hydrogen-bond acceptors (Lipinski definition) is 4. The summed E-state index contributed by atoms with van der Waals surface area (Å²) in [6.45, 7) is 4.02. The molecule has 0 saturated heterocycles. The Morgan fingerprint density at radius 3 is 2.53 bits per heavy atom. The van der Waals surface area contributed by atoms with Crippen molar-refractivity contribution in [3.05, 3.63) is 27.7 Å². The molecule has 17 heavy (non-hydrogen) atoms. The minimum Gasteiger partial charge on any atom is -0.495 e. The van der Waals surface area contributed by atoms with Crippen LogP contribution < -0.4 is 10.5 Å². The SMILES string of the molecule is COc1c(Br)c(C)cc(C)c1-c1cc(N)on1. The molecule has 2 aromatic rings. The molecule has 0 atom stereocenters. The van der Waals surface area contributed by atoms with E-state index in [0.717, 1.165) is 26.9 Å². The standard InChI is InChI=1S/C12H13BrN2O2/c1-6-4-7(2)11(13)12(16-3)10(6)8-5-9(14)17-15-8/h4-5H,14H2,1-3H3. The predicted octanol–water partition coefficient (Wildman–Crippen LogP) is 3.31. The van der Waals surface area contributed by atoms with Crippen molar-refractivity contribution in [1.29, 1.82) is 0 Å². The topological polar surface area (TPSA) is 61.3 Å². The number of anilines is 1. The predicted molar refractivity (Wildman–Crippen MR) is 70.1 cm³/mol. The molecule has 1 heterocycles. The van der Waals surface area contributed by atoms with E-state index in [-0.39, 0.29) is 5.88 Å². The van der Waals surface area contributed by atoms with Crippen LogP contribution in [-0.4, -0.2) is 12.3 Å². The van der Waals surface area contributed by atoms with Crippen LogP contribution in [0.1, 0.15) is 11.1 Å². The molecule has 0 radical (unpaired) electrons. The Kier molecular flexibility index (Phi) is 3.11. The molecule has 1 aromatic heterocycles. The van der Waals surface area contributed by atoms with Crippen LogP contribution in [0.2, 0.25) is 0 Å². The summed E-state index contributed by atoms with van der Waals surface area (Å²) in [6.07, 6.45) is 0. The number of methoxy groups -OCH3 is 1. The molecule has 2 N–H and O–H groups in total. The second-order valence-corrected chi connectivity index (χ2v) is 4.64. The van der Waals surface area contributed by atoms with Crippen molar-refractivity contribution in [2.45, 2.75) is 13.8 Å². The Morgan fingerprint density at radius 2 is 2.00 bits per heavy atom. The second kappa shape index (κ2) is 4.41. The summed E-state index contributed by atoms with van der Waals surface area (Å²) in [4.78, 5) is 0. The highest BCUT2D eigenvalue weighted by Crippen LogP contribution is 2.40. The molecule has 90 valence electrons. The van der Waals surface area contributed by atoms with Gasteiger partial charge in [0.15, 0.2) is 0 Å². The molecule has 0 amide bonds. The van der Waals surface area contributed by atoms with Gasteiger partial charge in [-0.2, -0.15) is 0 Å². The Balaban J connectivity index is 2.72. The number of ether oxygens (including phenoxy) is 1. The largest absolute Gasteiger partial charge is 0.495 e. The Morgan fingerprint density at radius 1 is 1.29 bits per heavy atom. The summed E-state index contributed by atoms with van der Waals surface area (Å²) in [5.74, 6) is 1.04. The van der Waals surface area contributed by atoms with Gasteiger partial charge in [-0.05, 0) is 40.9 Å². The van der Waals surface area contributed by atoms with Gasteiger partial charge in [0.2, 0.25) is 5.88 Å². The van der Waals surface area contributed by atoms with Gasteiger partial charge >= 0.3 is 0 Å². The van der Waals surface area contributed by atoms with E-state index in [1.54, 1.807) is 13.2 Å². The fourth-order valence-corrected chi connectivity index (χ4v) is 2.32. The molecule has 2 rings (SSSR count). The number of nitrogens with zero attached hydrogens (tertiary/aromatic N) is 1. The third kappa shape index (κ3) is 2.02. The van der Waals surface area contributed by atoms with Crippen molar-refractivity contribution in [3.8, 4) is 17.0 Å². The second-order valence-electron chi connectivity index (χ2n) is 3.85. The number of aryl methyl sites for hydroxylation is 2. The molecule has 0 bridgehead atoms. The quantitative estimate of drug-likeness (QED) is 0.923. The number of rotatable bonds is 2. The van der Waals surface area contributed by atoms with Gasteiger partial charge in [-0.25, -0.2) is 0 Å². The van der Waals surface area contributed by atoms with Crippen molar-refractivity contribution in [2.75, 3.05) is 12.8 Å². The third-order valence-electron chi connectivity index (χ3n) is 2.59. The zero-order chi connectivity index (χ0) is 12.6. The van der Waals surface area contributed by atoms with Gasteiger partial charge in [0.25, 0.3) is 0 Å². The van der Waals surface area contributed by atoms with E-state index in [0.29, 0.717) is 5.69 Å². The lowest BCUT2D eigenvalue weighted by Gasteiger charge is -2.13. The van der Waals surface area contributed by atoms with Crippen LogP contribution in [0.5, 0.6) is 5.75 Å². The van der Waals surface area contributed by atoms with Crippen molar-refractivity contribution >= 4 is 21.8 Å². The lowest BCUT2D eigenvalue weighted by atomic mass is 10.0. The van der Waals surface area contributed by atoms with Crippen LogP contribution in [-0.2, 0) is 0 Å². The first-order valence-electron chi connectivity index (χ1n) is 5.11. The first-order chi connectivity index (χ1) is 8.04. The Labute approximate surface area is 108 Å². The molecule has 0 saturated carbocycles. The molecule has 5 heteroatoms. The summed E-state index contributed by atoms with van der Waals surface area (Å²) in [6, 6.07) is 3.75. The van der Waals surface area contributed by atoms with Crippen molar-refractivity contribution in [2.24, 2.45) is 0 Å². The van der Waals surface area contributed by atoms with Gasteiger partial charge in [-0.15, -0.1) is 0 Å². The minimum absolute atomic E-state index is 0.290. The molecule has 0 spiro atoms. The molecule has 0 unspecified atom stereocenters. The fraction of sp³-hybridized carbons (Fsp3) is 0.250. The van der Waals surface area contributed by atoms with E-state index in [9.17, 15) is 0 Å². The minimum atomic E-state index is 0.290. The molecule has 0 aliphatic carbocycles. The van der Waals surface area contributed by atoms with E-state index in [2.05, 4.69) is 27.2 Å².